The van der Waals surface area contributed by atoms with Crippen LogP contribution >= 0.6 is 37.2 Å². The highest BCUT2D eigenvalue weighted by atomic mass is 35.5. The van der Waals surface area contributed by atoms with E-state index < -0.39 is 6.04 Å². The number of nitrogens with two attached hydrogens (primary N) is 1. The first kappa shape index (κ1) is 30.2. The number of carbonyl (C=O) groups excluding carboxylic acids is 1. The van der Waals surface area contributed by atoms with Crippen LogP contribution in [0.4, 0.5) is 11.6 Å². The maximum atomic E-state index is 13.0. The van der Waals surface area contributed by atoms with E-state index in [-0.39, 0.29) is 54.5 Å². The summed E-state index contributed by atoms with van der Waals surface area (Å²) in [6.07, 6.45) is 6.02. The zero-order chi connectivity index (χ0) is 22.5. The van der Waals surface area contributed by atoms with Crippen LogP contribution in [0.25, 0.3) is 0 Å². The van der Waals surface area contributed by atoms with Crippen LogP contribution in [0.1, 0.15) is 42.0 Å². The lowest BCUT2D eigenvalue weighted by atomic mass is 10.1. The van der Waals surface area contributed by atoms with Crippen LogP contribution in [0.5, 0.6) is 0 Å². The molecule has 0 aliphatic carbocycles. The summed E-state index contributed by atoms with van der Waals surface area (Å²) in [5.74, 6) is 0.527. The molecular weight excluding hydrogens is 513 g/mol. The average Bonchev–Trinajstić information content (AvgIpc) is 3.25. The minimum atomic E-state index is -0.552. The number of nitrogen functional groups attached to an aromatic ring is 1. The van der Waals surface area contributed by atoms with Gasteiger partial charge in [-0.05, 0) is 43.0 Å². The van der Waals surface area contributed by atoms with Crippen LogP contribution < -0.4 is 21.9 Å². The first-order chi connectivity index (χ1) is 15.6. The lowest BCUT2D eigenvalue weighted by Crippen LogP contribution is -2.36. The Balaban J connectivity index is 0.00000204. The van der Waals surface area contributed by atoms with Gasteiger partial charge in [0.25, 0.3) is 5.56 Å². The van der Waals surface area contributed by atoms with Crippen molar-refractivity contribution in [3.8, 4) is 0 Å². The number of hydrogen-bond donors (Lipinski definition) is 3. The third-order valence-electron chi connectivity index (χ3n) is 5.64. The molecule has 1 aliphatic heterocycles. The van der Waals surface area contributed by atoms with E-state index in [0.717, 1.165) is 29.1 Å². The van der Waals surface area contributed by atoms with Crippen LogP contribution in [-0.2, 0) is 30.6 Å². The second kappa shape index (κ2) is 13.9. The number of carbonyl (C=O) groups is 1. The minimum absolute atomic E-state index is 0. The molecule has 35 heavy (non-hydrogen) atoms. The zero-order valence-electron chi connectivity index (χ0n) is 19.3. The molecule has 4 rings (SSSR count). The third-order valence-corrected chi connectivity index (χ3v) is 5.64. The summed E-state index contributed by atoms with van der Waals surface area (Å²) in [6, 6.07) is 8.78. The molecule has 0 aromatic carbocycles. The van der Waals surface area contributed by atoms with Crippen molar-refractivity contribution in [1.29, 1.82) is 0 Å². The lowest BCUT2D eigenvalue weighted by Gasteiger charge is -2.16. The summed E-state index contributed by atoms with van der Waals surface area (Å²) in [6.45, 7) is 2.87. The van der Waals surface area contributed by atoms with Crippen molar-refractivity contribution >= 4 is 54.8 Å². The highest BCUT2D eigenvalue weighted by Crippen LogP contribution is 2.24. The van der Waals surface area contributed by atoms with Crippen molar-refractivity contribution in [2.75, 3.05) is 17.6 Å². The van der Waals surface area contributed by atoms with Gasteiger partial charge in [-0.25, -0.2) is 9.97 Å². The first-order valence-corrected chi connectivity index (χ1v) is 10.8. The standard InChI is InChI=1S/C23H27N7O2.3ClH/c1-2-18-15(6-9-20(24)29-18)13-28-22(31)19-8-7-17-14-27-21(23(32)30(17)19)26-12-10-16-5-3-4-11-25-16;;;/h3-6,9,11,14,19H,2,7-8,10,12-13H2,1H3,(H2,24,29)(H,26,27)(H,28,31);3*1H/t19-;;;/m0.../s1. The summed E-state index contributed by atoms with van der Waals surface area (Å²) in [5, 5.41) is 6.05. The average molecular weight is 543 g/mol. The Bertz CT molecular complexity index is 1180. The van der Waals surface area contributed by atoms with E-state index in [0.29, 0.717) is 38.2 Å². The molecular formula is C23H30Cl3N7O2. The van der Waals surface area contributed by atoms with Crippen LogP contribution in [0, 0.1) is 0 Å². The number of nitrogens with one attached hydrogen (secondary N) is 2. The summed E-state index contributed by atoms with van der Waals surface area (Å²) in [5.41, 5.74) is 8.97. The predicted octanol–water partition coefficient (Wildman–Crippen LogP) is 2.90. The molecule has 1 aliphatic rings. The number of aryl methyl sites for hydroxylation is 2. The van der Waals surface area contributed by atoms with Crippen molar-refractivity contribution in [3.05, 3.63) is 75.7 Å². The Morgan fingerprint density at radius 1 is 1.17 bits per heavy atom. The fourth-order valence-electron chi connectivity index (χ4n) is 3.98. The maximum Gasteiger partial charge on any atom is 0.294 e. The highest BCUT2D eigenvalue weighted by Gasteiger charge is 2.30. The SMILES string of the molecule is CCc1nc(N)ccc1CNC(=O)[C@@H]1CCc2cnc(NCCc3ccccn3)c(=O)n21.Cl.Cl.Cl. The Morgan fingerprint density at radius 3 is 2.69 bits per heavy atom. The van der Waals surface area contributed by atoms with Crippen LogP contribution in [-0.4, -0.2) is 32.0 Å². The van der Waals surface area contributed by atoms with Gasteiger partial charge in [-0.3, -0.25) is 19.1 Å². The van der Waals surface area contributed by atoms with Gasteiger partial charge in [0.2, 0.25) is 5.91 Å². The maximum absolute atomic E-state index is 13.0. The van der Waals surface area contributed by atoms with E-state index >= 15 is 0 Å². The molecule has 1 amide bonds. The molecule has 190 valence electrons. The Labute approximate surface area is 222 Å². The molecule has 0 bridgehead atoms. The molecule has 0 spiro atoms. The predicted molar refractivity (Wildman–Crippen MR) is 144 cm³/mol. The summed E-state index contributed by atoms with van der Waals surface area (Å²) in [7, 11) is 0. The summed E-state index contributed by atoms with van der Waals surface area (Å²) >= 11 is 0. The molecule has 4 N–H and O–H groups in total. The Hall–Kier alpha value is -2.88. The van der Waals surface area contributed by atoms with Crippen molar-refractivity contribution in [2.45, 2.75) is 45.2 Å². The van der Waals surface area contributed by atoms with Crippen molar-refractivity contribution in [2.24, 2.45) is 0 Å². The van der Waals surface area contributed by atoms with Gasteiger partial charge >= 0.3 is 0 Å². The fourth-order valence-corrected chi connectivity index (χ4v) is 3.98. The molecule has 9 nitrogen and oxygen atoms in total. The second-order valence-corrected chi connectivity index (χ2v) is 7.74. The molecule has 3 aromatic heterocycles. The van der Waals surface area contributed by atoms with E-state index in [4.69, 9.17) is 5.73 Å². The van der Waals surface area contributed by atoms with Crippen molar-refractivity contribution in [1.82, 2.24) is 24.8 Å². The first-order valence-electron chi connectivity index (χ1n) is 10.8. The number of aromatic nitrogens is 4. The molecule has 1 atom stereocenters. The number of fused-ring (bicyclic) bond motifs is 1. The highest BCUT2D eigenvalue weighted by molar-refractivity contribution is 5.86. The number of pyridine rings is 2. The van der Waals surface area contributed by atoms with E-state index in [9.17, 15) is 9.59 Å². The van der Waals surface area contributed by atoms with E-state index in [1.807, 2.05) is 31.2 Å². The van der Waals surface area contributed by atoms with Gasteiger partial charge in [0.1, 0.15) is 11.9 Å². The van der Waals surface area contributed by atoms with Crippen LogP contribution in [0.3, 0.4) is 0 Å². The van der Waals surface area contributed by atoms with Gasteiger partial charge in [-0.15, -0.1) is 37.2 Å². The van der Waals surface area contributed by atoms with E-state index in [1.54, 1.807) is 23.0 Å². The van der Waals surface area contributed by atoms with Gasteiger partial charge in [0.15, 0.2) is 5.82 Å². The quantitative estimate of drug-likeness (QED) is 0.399. The Morgan fingerprint density at radius 2 is 1.97 bits per heavy atom. The third kappa shape index (κ3) is 7.06. The number of nitrogens with zero attached hydrogens (tertiary/aromatic N) is 4. The zero-order valence-corrected chi connectivity index (χ0v) is 21.7. The minimum Gasteiger partial charge on any atom is -0.384 e. The Kier molecular flexibility index (Phi) is 11.9. The second-order valence-electron chi connectivity index (χ2n) is 7.74. The van der Waals surface area contributed by atoms with Crippen molar-refractivity contribution in [3.63, 3.8) is 0 Å². The van der Waals surface area contributed by atoms with Crippen LogP contribution in [0.2, 0.25) is 0 Å². The molecule has 0 saturated carbocycles. The van der Waals surface area contributed by atoms with Gasteiger partial charge in [0, 0.05) is 49.0 Å². The number of amides is 1. The number of hydrogen-bond acceptors (Lipinski definition) is 7. The topological polar surface area (TPSA) is 128 Å². The van der Waals surface area contributed by atoms with Gasteiger partial charge in [0.05, 0.1) is 0 Å². The van der Waals surface area contributed by atoms with Gasteiger partial charge < -0.3 is 16.4 Å². The molecule has 0 saturated heterocycles. The van der Waals surface area contributed by atoms with Crippen molar-refractivity contribution < 1.29 is 4.79 Å². The molecule has 0 fully saturated rings. The lowest BCUT2D eigenvalue weighted by molar-refractivity contribution is -0.124. The largest absolute Gasteiger partial charge is 0.384 e. The summed E-state index contributed by atoms with van der Waals surface area (Å²) < 4.78 is 1.56. The van der Waals surface area contributed by atoms with E-state index in [1.165, 1.54) is 0 Å². The smallest absolute Gasteiger partial charge is 0.294 e. The van der Waals surface area contributed by atoms with Gasteiger partial charge in [-0.2, -0.15) is 0 Å². The molecule has 0 unspecified atom stereocenters. The summed E-state index contributed by atoms with van der Waals surface area (Å²) in [4.78, 5) is 38.9. The van der Waals surface area contributed by atoms with Crippen LogP contribution in [0.15, 0.2) is 47.5 Å². The van der Waals surface area contributed by atoms with Gasteiger partial charge in [-0.1, -0.05) is 19.1 Å². The normalized spacial score (nSPS) is 13.5. The number of halogens is 3. The van der Waals surface area contributed by atoms with E-state index in [2.05, 4.69) is 25.6 Å². The molecule has 0 radical (unpaired) electrons. The fraction of sp³-hybridized carbons (Fsp3) is 0.348. The molecule has 3 aromatic rings. The number of rotatable bonds is 8. The molecule has 4 heterocycles. The number of anilines is 2. The monoisotopic (exact) mass is 541 g/mol. The molecule has 12 heteroatoms.